The zero-order valence-corrected chi connectivity index (χ0v) is 10.3. The minimum atomic E-state index is -1.06. The van der Waals surface area contributed by atoms with E-state index in [2.05, 4.69) is 10.1 Å². The summed E-state index contributed by atoms with van der Waals surface area (Å²) in [6.45, 7) is 3.50. The number of hydrogen-bond acceptors (Lipinski definition) is 4. The molecule has 0 atom stereocenters. The molecular formula is C12H13N3O3. The third kappa shape index (κ3) is 2.32. The summed E-state index contributed by atoms with van der Waals surface area (Å²) in [5.74, 6) is -0.510. The van der Waals surface area contributed by atoms with Crippen molar-refractivity contribution in [2.75, 3.05) is 0 Å². The lowest BCUT2D eigenvalue weighted by Crippen LogP contribution is -2.05. The van der Waals surface area contributed by atoms with Gasteiger partial charge < -0.3 is 9.84 Å². The molecule has 0 aliphatic rings. The Morgan fingerprint density at radius 3 is 2.72 bits per heavy atom. The highest BCUT2D eigenvalue weighted by molar-refractivity contribution is 5.92. The molecule has 0 spiro atoms. The molecule has 0 saturated heterocycles. The Balaban J connectivity index is 2.45. The van der Waals surface area contributed by atoms with Gasteiger partial charge in [0.2, 0.25) is 5.88 Å². The van der Waals surface area contributed by atoms with Gasteiger partial charge in [-0.15, -0.1) is 0 Å². The maximum absolute atomic E-state index is 11.2. The van der Waals surface area contributed by atoms with Crippen molar-refractivity contribution in [3.05, 3.63) is 35.3 Å². The van der Waals surface area contributed by atoms with E-state index in [-0.39, 0.29) is 11.4 Å². The van der Waals surface area contributed by atoms with E-state index in [0.29, 0.717) is 17.0 Å². The first-order chi connectivity index (χ1) is 8.47. The molecule has 0 fully saturated rings. The second-order valence-electron chi connectivity index (χ2n) is 4.02. The molecule has 2 aromatic heterocycles. The lowest BCUT2D eigenvalue weighted by molar-refractivity contribution is 0.0692. The van der Waals surface area contributed by atoms with Crippen molar-refractivity contribution in [1.82, 2.24) is 14.8 Å². The van der Waals surface area contributed by atoms with Crippen LogP contribution < -0.4 is 4.74 Å². The van der Waals surface area contributed by atoms with Gasteiger partial charge in [0.25, 0.3) is 0 Å². The Labute approximate surface area is 104 Å². The van der Waals surface area contributed by atoms with Crippen molar-refractivity contribution in [1.29, 1.82) is 0 Å². The molecule has 94 valence electrons. The van der Waals surface area contributed by atoms with Crippen molar-refractivity contribution in [3.8, 4) is 11.6 Å². The van der Waals surface area contributed by atoms with Crippen molar-refractivity contribution in [2.24, 2.45) is 7.05 Å². The standard InChI is InChI=1S/C12H13N3O3/c1-7-4-8(2)14-11(10(7)12(16)17)18-9-5-13-15(3)6-9/h4-6H,1-3H3,(H,16,17). The fourth-order valence-electron chi connectivity index (χ4n) is 1.70. The summed E-state index contributed by atoms with van der Waals surface area (Å²) in [5.41, 5.74) is 1.40. The van der Waals surface area contributed by atoms with E-state index in [9.17, 15) is 9.90 Å². The monoisotopic (exact) mass is 247 g/mol. The zero-order chi connectivity index (χ0) is 13.3. The van der Waals surface area contributed by atoms with Crippen LogP contribution in [0.25, 0.3) is 0 Å². The molecule has 0 amide bonds. The van der Waals surface area contributed by atoms with Gasteiger partial charge in [0.1, 0.15) is 5.56 Å². The largest absolute Gasteiger partial charge is 0.477 e. The SMILES string of the molecule is Cc1cc(C)c(C(=O)O)c(Oc2cnn(C)c2)n1. The summed E-state index contributed by atoms with van der Waals surface area (Å²) in [4.78, 5) is 15.3. The average molecular weight is 247 g/mol. The highest BCUT2D eigenvalue weighted by Crippen LogP contribution is 2.25. The molecule has 0 saturated carbocycles. The number of nitrogens with zero attached hydrogens (tertiary/aromatic N) is 3. The van der Waals surface area contributed by atoms with Gasteiger partial charge in [-0.1, -0.05) is 0 Å². The van der Waals surface area contributed by atoms with Crippen molar-refractivity contribution < 1.29 is 14.6 Å². The van der Waals surface area contributed by atoms with Crippen LogP contribution in [0.4, 0.5) is 0 Å². The van der Waals surface area contributed by atoms with Gasteiger partial charge in [0.05, 0.1) is 12.4 Å². The molecule has 0 aliphatic carbocycles. The topological polar surface area (TPSA) is 77.2 Å². The predicted molar refractivity (Wildman–Crippen MR) is 64.0 cm³/mol. The molecule has 1 N–H and O–H groups in total. The van der Waals surface area contributed by atoms with E-state index in [1.165, 1.54) is 6.20 Å². The number of aromatic carboxylic acids is 1. The molecule has 18 heavy (non-hydrogen) atoms. The van der Waals surface area contributed by atoms with E-state index in [0.717, 1.165) is 0 Å². The van der Waals surface area contributed by atoms with Gasteiger partial charge in [-0.3, -0.25) is 4.68 Å². The number of aromatic nitrogens is 3. The van der Waals surface area contributed by atoms with E-state index in [1.807, 2.05) is 0 Å². The number of carbonyl (C=O) groups is 1. The Kier molecular flexibility index (Phi) is 3.01. The second-order valence-corrected chi connectivity index (χ2v) is 4.02. The first-order valence-electron chi connectivity index (χ1n) is 5.35. The number of ether oxygens (including phenoxy) is 1. The van der Waals surface area contributed by atoms with E-state index in [4.69, 9.17) is 4.74 Å². The van der Waals surface area contributed by atoms with E-state index in [1.54, 1.807) is 37.8 Å². The summed E-state index contributed by atoms with van der Waals surface area (Å²) >= 11 is 0. The van der Waals surface area contributed by atoms with Gasteiger partial charge in [0, 0.05) is 12.7 Å². The Bertz CT molecular complexity index is 605. The smallest absolute Gasteiger partial charge is 0.341 e. The van der Waals surface area contributed by atoms with Crippen LogP contribution in [0.1, 0.15) is 21.6 Å². The summed E-state index contributed by atoms with van der Waals surface area (Å²) in [6, 6.07) is 1.71. The third-order valence-electron chi connectivity index (χ3n) is 2.42. The van der Waals surface area contributed by atoms with Crippen LogP contribution in [0.5, 0.6) is 11.6 Å². The van der Waals surface area contributed by atoms with Gasteiger partial charge >= 0.3 is 5.97 Å². The van der Waals surface area contributed by atoms with Crippen LogP contribution in [0, 0.1) is 13.8 Å². The third-order valence-corrected chi connectivity index (χ3v) is 2.42. The van der Waals surface area contributed by atoms with Gasteiger partial charge in [-0.05, 0) is 25.5 Å². The van der Waals surface area contributed by atoms with Crippen LogP contribution in [0.2, 0.25) is 0 Å². The first-order valence-corrected chi connectivity index (χ1v) is 5.35. The van der Waals surface area contributed by atoms with Crippen LogP contribution >= 0.6 is 0 Å². The van der Waals surface area contributed by atoms with Crippen LogP contribution in [0.15, 0.2) is 18.5 Å². The highest BCUT2D eigenvalue weighted by atomic mass is 16.5. The number of rotatable bonds is 3. The summed E-state index contributed by atoms with van der Waals surface area (Å²) in [5, 5.41) is 13.1. The quantitative estimate of drug-likeness (QED) is 0.896. The van der Waals surface area contributed by atoms with Gasteiger partial charge in [0.15, 0.2) is 5.75 Å². The molecule has 2 aromatic rings. The fourth-order valence-corrected chi connectivity index (χ4v) is 1.70. The van der Waals surface area contributed by atoms with Gasteiger partial charge in [-0.25, -0.2) is 9.78 Å². The predicted octanol–water partition coefficient (Wildman–Crippen LogP) is 1.92. The number of carboxylic acid groups (broad SMARTS) is 1. The Hall–Kier alpha value is -2.37. The second kappa shape index (κ2) is 4.48. The minimum absolute atomic E-state index is 0.0736. The van der Waals surface area contributed by atoms with Crippen LogP contribution in [-0.4, -0.2) is 25.8 Å². The molecule has 0 unspecified atom stereocenters. The van der Waals surface area contributed by atoms with Crippen LogP contribution in [-0.2, 0) is 7.05 Å². The summed E-state index contributed by atoms with van der Waals surface area (Å²) in [7, 11) is 1.75. The average Bonchev–Trinajstić information content (AvgIpc) is 2.62. The molecular weight excluding hydrogens is 234 g/mol. The lowest BCUT2D eigenvalue weighted by atomic mass is 10.1. The summed E-state index contributed by atoms with van der Waals surface area (Å²) < 4.78 is 7.05. The summed E-state index contributed by atoms with van der Waals surface area (Å²) in [6.07, 6.45) is 3.15. The maximum Gasteiger partial charge on any atom is 0.341 e. The number of aryl methyl sites for hydroxylation is 3. The fraction of sp³-hybridized carbons (Fsp3) is 0.250. The molecule has 0 radical (unpaired) electrons. The number of hydrogen-bond donors (Lipinski definition) is 1. The highest BCUT2D eigenvalue weighted by Gasteiger charge is 2.18. The molecule has 2 rings (SSSR count). The lowest BCUT2D eigenvalue weighted by Gasteiger charge is -2.09. The molecule has 0 aromatic carbocycles. The number of carboxylic acids is 1. The molecule has 0 bridgehead atoms. The molecule has 2 heterocycles. The maximum atomic E-state index is 11.2. The van der Waals surface area contributed by atoms with Crippen molar-refractivity contribution >= 4 is 5.97 Å². The number of pyridine rings is 1. The van der Waals surface area contributed by atoms with E-state index >= 15 is 0 Å². The molecule has 0 aliphatic heterocycles. The Morgan fingerprint density at radius 2 is 2.17 bits per heavy atom. The van der Waals surface area contributed by atoms with Crippen molar-refractivity contribution in [2.45, 2.75) is 13.8 Å². The van der Waals surface area contributed by atoms with Gasteiger partial charge in [-0.2, -0.15) is 5.10 Å². The first kappa shape index (κ1) is 12.1. The zero-order valence-electron chi connectivity index (χ0n) is 10.3. The molecule has 6 heteroatoms. The molecule has 6 nitrogen and oxygen atoms in total. The normalized spacial score (nSPS) is 10.4. The van der Waals surface area contributed by atoms with Crippen molar-refractivity contribution in [3.63, 3.8) is 0 Å². The Morgan fingerprint density at radius 1 is 1.44 bits per heavy atom. The van der Waals surface area contributed by atoms with E-state index < -0.39 is 5.97 Å². The minimum Gasteiger partial charge on any atom is -0.477 e. The van der Waals surface area contributed by atoms with Crippen LogP contribution in [0.3, 0.4) is 0 Å².